The van der Waals surface area contributed by atoms with Crippen molar-refractivity contribution < 1.29 is 9.34 Å². The topological polar surface area (TPSA) is 102 Å². The highest BCUT2D eigenvalue weighted by atomic mass is 16.6. The second kappa shape index (κ2) is 2.41. The summed E-state index contributed by atoms with van der Waals surface area (Å²) < 4.78 is 4.58. The number of rotatable bonds is 1. The third kappa shape index (κ3) is 1.15. The smallest absolute Gasteiger partial charge is 0.406 e. The van der Waals surface area contributed by atoms with Crippen LogP contribution in [0, 0.1) is 10.1 Å². The Bertz CT molecular complexity index is 526. The molecule has 0 spiro atoms. The van der Waals surface area contributed by atoms with Crippen molar-refractivity contribution in [3.8, 4) is 0 Å². The number of aromatic amines is 1. The Balaban J connectivity index is 2.74. The molecule has 7 heteroatoms. The van der Waals surface area contributed by atoms with Crippen molar-refractivity contribution in [2.24, 2.45) is 0 Å². The molecule has 0 saturated carbocycles. The lowest BCUT2D eigenvalue weighted by Gasteiger charge is -1.87. The summed E-state index contributed by atoms with van der Waals surface area (Å²) in [5, 5.41) is 10.3. The van der Waals surface area contributed by atoms with Crippen molar-refractivity contribution in [1.29, 1.82) is 0 Å². The summed E-state index contributed by atoms with van der Waals surface area (Å²) in [6.45, 7) is 0. The maximum absolute atomic E-state index is 10.6. The van der Waals surface area contributed by atoms with Crippen LogP contribution in [0.1, 0.15) is 0 Å². The van der Waals surface area contributed by atoms with Gasteiger partial charge in [0.2, 0.25) is 0 Å². The number of hydrogen-bond donors (Lipinski definition) is 1. The van der Waals surface area contributed by atoms with Crippen LogP contribution in [-0.4, -0.2) is 14.9 Å². The first kappa shape index (κ1) is 7.47. The van der Waals surface area contributed by atoms with Crippen LogP contribution in [0.3, 0.4) is 0 Å². The second-order valence-electron chi connectivity index (χ2n) is 2.31. The van der Waals surface area contributed by atoms with E-state index in [1.165, 1.54) is 0 Å². The summed E-state index contributed by atoms with van der Waals surface area (Å²) in [6.07, 6.45) is 1.05. The van der Waals surface area contributed by atoms with Gasteiger partial charge >= 0.3 is 5.76 Å². The SMILES string of the molecule is O=c1[nH]c2ncc([N+](=O)[O-])cc2o1. The van der Waals surface area contributed by atoms with Gasteiger partial charge in [0.1, 0.15) is 6.20 Å². The Morgan fingerprint density at radius 3 is 3.08 bits per heavy atom. The van der Waals surface area contributed by atoms with E-state index in [-0.39, 0.29) is 16.9 Å². The Kier molecular flexibility index (Phi) is 1.38. The second-order valence-corrected chi connectivity index (χ2v) is 2.31. The molecular formula is C6H3N3O4. The van der Waals surface area contributed by atoms with Crippen LogP contribution < -0.4 is 5.76 Å². The number of nitrogens with zero attached hydrogens (tertiary/aromatic N) is 2. The summed E-state index contributed by atoms with van der Waals surface area (Å²) in [5.74, 6) is -0.678. The molecule has 0 amide bonds. The minimum Gasteiger partial charge on any atom is -0.406 e. The lowest BCUT2D eigenvalue weighted by molar-refractivity contribution is -0.385. The number of oxazole rings is 1. The normalized spacial score (nSPS) is 10.5. The zero-order valence-corrected chi connectivity index (χ0v) is 6.18. The van der Waals surface area contributed by atoms with E-state index in [1.807, 2.05) is 0 Å². The number of H-pyrrole nitrogens is 1. The van der Waals surface area contributed by atoms with Gasteiger partial charge < -0.3 is 4.42 Å². The van der Waals surface area contributed by atoms with Gasteiger partial charge in [0.15, 0.2) is 11.2 Å². The van der Waals surface area contributed by atoms with E-state index in [0.717, 1.165) is 12.3 Å². The molecule has 66 valence electrons. The van der Waals surface area contributed by atoms with Gasteiger partial charge in [-0.25, -0.2) is 9.78 Å². The van der Waals surface area contributed by atoms with Gasteiger partial charge in [-0.3, -0.25) is 15.1 Å². The summed E-state index contributed by atoms with van der Waals surface area (Å²) in [4.78, 5) is 26.2. The van der Waals surface area contributed by atoms with E-state index in [2.05, 4.69) is 14.4 Å². The third-order valence-electron chi connectivity index (χ3n) is 1.47. The maximum Gasteiger partial charge on any atom is 0.418 e. The highest BCUT2D eigenvalue weighted by Crippen LogP contribution is 2.14. The molecule has 0 bridgehead atoms. The fraction of sp³-hybridized carbons (Fsp3) is 0. The van der Waals surface area contributed by atoms with Gasteiger partial charge in [-0.05, 0) is 0 Å². The molecule has 1 N–H and O–H groups in total. The molecule has 0 atom stereocenters. The molecular weight excluding hydrogens is 178 g/mol. The van der Waals surface area contributed by atoms with Crippen molar-refractivity contribution in [3.63, 3.8) is 0 Å². The van der Waals surface area contributed by atoms with Gasteiger partial charge in [-0.15, -0.1) is 0 Å². The molecule has 0 fully saturated rings. The Hall–Kier alpha value is -2.18. The molecule has 2 aromatic heterocycles. The van der Waals surface area contributed by atoms with Crippen LogP contribution >= 0.6 is 0 Å². The average molecular weight is 181 g/mol. The van der Waals surface area contributed by atoms with Crippen LogP contribution in [0.5, 0.6) is 0 Å². The number of hydrogen-bond acceptors (Lipinski definition) is 5. The van der Waals surface area contributed by atoms with Gasteiger partial charge in [0.25, 0.3) is 5.69 Å². The zero-order chi connectivity index (χ0) is 9.42. The van der Waals surface area contributed by atoms with Gasteiger partial charge in [-0.2, -0.15) is 0 Å². The first-order valence-corrected chi connectivity index (χ1v) is 3.30. The molecule has 0 aliphatic carbocycles. The molecule has 0 aliphatic heterocycles. The Morgan fingerprint density at radius 1 is 1.62 bits per heavy atom. The molecule has 2 rings (SSSR count). The van der Waals surface area contributed by atoms with E-state index in [1.54, 1.807) is 0 Å². The van der Waals surface area contributed by atoms with Crippen LogP contribution in [0.15, 0.2) is 21.5 Å². The number of nitrogens with one attached hydrogen (secondary N) is 1. The molecule has 2 heterocycles. The van der Waals surface area contributed by atoms with Crippen molar-refractivity contribution in [2.45, 2.75) is 0 Å². The number of nitro groups is 1. The fourth-order valence-electron chi connectivity index (χ4n) is 0.928. The minimum atomic E-state index is -0.678. The van der Waals surface area contributed by atoms with E-state index < -0.39 is 10.7 Å². The lowest BCUT2D eigenvalue weighted by Crippen LogP contribution is -1.93. The van der Waals surface area contributed by atoms with Crippen LogP contribution in [0.2, 0.25) is 0 Å². The average Bonchev–Trinajstić information content (AvgIpc) is 2.42. The lowest BCUT2D eigenvalue weighted by atomic mass is 10.4. The van der Waals surface area contributed by atoms with E-state index >= 15 is 0 Å². The first-order valence-electron chi connectivity index (χ1n) is 3.30. The van der Waals surface area contributed by atoms with Crippen molar-refractivity contribution >= 4 is 16.9 Å². The maximum atomic E-state index is 10.6. The fourth-order valence-corrected chi connectivity index (χ4v) is 0.928. The summed E-state index contributed by atoms with van der Waals surface area (Å²) in [7, 11) is 0. The Morgan fingerprint density at radius 2 is 2.38 bits per heavy atom. The van der Waals surface area contributed by atoms with Crippen LogP contribution in [0.4, 0.5) is 5.69 Å². The zero-order valence-electron chi connectivity index (χ0n) is 6.18. The molecule has 0 aromatic carbocycles. The number of fused-ring (bicyclic) bond motifs is 1. The van der Waals surface area contributed by atoms with Gasteiger partial charge in [0, 0.05) is 0 Å². The number of aromatic nitrogens is 2. The Labute approximate surface area is 70.2 Å². The van der Waals surface area contributed by atoms with E-state index in [4.69, 9.17) is 0 Å². The van der Waals surface area contributed by atoms with Crippen LogP contribution in [-0.2, 0) is 0 Å². The molecule has 0 radical (unpaired) electrons. The molecule has 7 nitrogen and oxygen atoms in total. The van der Waals surface area contributed by atoms with E-state index in [0.29, 0.717) is 0 Å². The van der Waals surface area contributed by atoms with Crippen molar-refractivity contribution in [1.82, 2.24) is 9.97 Å². The van der Waals surface area contributed by atoms with Gasteiger partial charge in [-0.1, -0.05) is 0 Å². The molecule has 0 unspecified atom stereocenters. The van der Waals surface area contributed by atoms with Crippen molar-refractivity contribution in [2.75, 3.05) is 0 Å². The summed E-state index contributed by atoms with van der Waals surface area (Å²) in [5.41, 5.74) is 0.0741. The summed E-state index contributed by atoms with van der Waals surface area (Å²) >= 11 is 0. The highest BCUT2D eigenvalue weighted by Gasteiger charge is 2.10. The van der Waals surface area contributed by atoms with E-state index in [9.17, 15) is 14.9 Å². The highest BCUT2D eigenvalue weighted by molar-refractivity contribution is 5.69. The largest absolute Gasteiger partial charge is 0.418 e. The number of pyridine rings is 1. The van der Waals surface area contributed by atoms with Gasteiger partial charge in [0.05, 0.1) is 11.0 Å². The summed E-state index contributed by atoms with van der Waals surface area (Å²) in [6, 6.07) is 1.14. The predicted molar refractivity (Wildman–Crippen MR) is 41.3 cm³/mol. The molecule has 0 saturated heterocycles. The van der Waals surface area contributed by atoms with Crippen molar-refractivity contribution in [3.05, 3.63) is 32.9 Å². The third-order valence-corrected chi connectivity index (χ3v) is 1.47. The van der Waals surface area contributed by atoms with Crippen LogP contribution in [0.25, 0.3) is 11.2 Å². The molecule has 0 aliphatic rings. The standard InChI is InChI=1S/C6H3N3O4/c10-6-8-5-4(13-6)1-3(2-7-5)9(11)12/h1-2H,(H,7,8,10). The molecule has 2 aromatic rings. The monoisotopic (exact) mass is 181 g/mol. The predicted octanol–water partition coefficient (Wildman–Crippen LogP) is 0.424. The minimum absolute atomic E-state index is 0.0826. The first-order chi connectivity index (χ1) is 6.16. The quantitative estimate of drug-likeness (QED) is 0.507. The molecule has 13 heavy (non-hydrogen) atoms.